The molecule has 1 saturated carbocycles. The van der Waals surface area contributed by atoms with Gasteiger partial charge in [0.2, 0.25) is 0 Å². The molecule has 1 fully saturated rings. The number of aryl methyl sites for hydroxylation is 2. The van der Waals surface area contributed by atoms with Gasteiger partial charge < -0.3 is 5.32 Å². The summed E-state index contributed by atoms with van der Waals surface area (Å²) in [5.74, 6) is 0. The Balaban J connectivity index is 1.66. The summed E-state index contributed by atoms with van der Waals surface area (Å²) in [4.78, 5) is 10.5. The van der Waals surface area contributed by atoms with E-state index in [-0.39, 0.29) is 0 Å². The van der Waals surface area contributed by atoms with Crippen LogP contribution < -0.4 is 5.32 Å². The predicted octanol–water partition coefficient (Wildman–Crippen LogP) is 3.06. The van der Waals surface area contributed by atoms with Crippen LogP contribution in [0.4, 0.5) is 0 Å². The van der Waals surface area contributed by atoms with Gasteiger partial charge in [0.05, 0.1) is 21.4 Å². The van der Waals surface area contributed by atoms with E-state index in [4.69, 9.17) is 0 Å². The third kappa shape index (κ3) is 2.96. The Labute approximate surface area is 115 Å². The molecule has 2 aromatic heterocycles. The quantitative estimate of drug-likeness (QED) is 0.914. The van der Waals surface area contributed by atoms with Gasteiger partial charge >= 0.3 is 0 Å². The average Bonchev–Trinajstić information content (AvgIpc) is 2.98. The van der Waals surface area contributed by atoms with Crippen LogP contribution in [-0.4, -0.2) is 16.0 Å². The highest BCUT2D eigenvalue weighted by molar-refractivity contribution is 7.11. The van der Waals surface area contributed by atoms with Gasteiger partial charge in [0.15, 0.2) is 0 Å². The molecule has 5 heteroatoms. The summed E-state index contributed by atoms with van der Waals surface area (Å²) in [6, 6.07) is 0.760. The molecule has 96 valence electrons. The molecule has 0 aromatic carbocycles. The van der Waals surface area contributed by atoms with Gasteiger partial charge in [-0.05, 0) is 26.7 Å². The van der Waals surface area contributed by atoms with E-state index in [1.165, 1.54) is 28.4 Å². The lowest BCUT2D eigenvalue weighted by Crippen LogP contribution is -2.14. The number of hydrogen-bond acceptors (Lipinski definition) is 5. The highest BCUT2D eigenvalue weighted by Crippen LogP contribution is 2.24. The topological polar surface area (TPSA) is 37.8 Å². The van der Waals surface area contributed by atoms with Crippen molar-refractivity contribution in [3.05, 3.63) is 31.7 Å². The zero-order chi connectivity index (χ0) is 12.5. The maximum Gasteiger partial charge on any atom is 0.0991 e. The third-order valence-electron chi connectivity index (χ3n) is 3.06. The first kappa shape index (κ1) is 12.3. The number of thiazole rings is 2. The van der Waals surface area contributed by atoms with Gasteiger partial charge in [-0.3, -0.25) is 0 Å². The van der Waals surface area contributed by atoms with Crippen LogP contribution in [0.2, 0.25) is 0 Å². The van der Waals surface area contributed by atoms with E-state index in [1.807, 2.05) is 18.3 Å². The summed E-state index contributed by atoms with van der Waals surface area (Å²) in [5, 5.41) is 8.00. The molecule has 0 bridgehead atoms. The highest BCUT2D eigenvalue weighted by Gasteiger charge is 2.21. The molecule has 3 rings (SSSR count). The number of hydrogen-bond donors (Lipinski definition) is 1. The van der Waals surface area contributed by atoms with E-state index in [1.54, 1.807) is 11.3 Å². The fraction of sp³-hybridized carbons (Fsp3) is 0.538. The van der Waals surface area contributed by atoms with Crippen molar-refractivity contribution < 1.29 is 0 Å². The van der Waals surface area contributed by atoms with Crippen LogP contribution in [0.3, 0.4) is 0 Å². The highest BCUT2D eigenvalue weighted by atomic mass is 32.1. The van der Waals surface area contributed by atoms with Crippen molar-refractivity contribution in [2.24, 2.45) is 0 Å². The lowest BCUT2D eigenvalue weighted by atomic mass is 10.3. The van der Waals surface area contributed by atoms with Crippen molar-refractivity contribution in [2.45, 2.75) is 45.7 Å². The van der Waals surface area contributed by atoms with Crippen molar-refractivity contribution in [3.63, 3.8) is 0 Å². The largest absolute Gasteiger partial charge is 0.309 e. The second kappa shape index (κ2) is 5.07. The van der Waals surface area contributed by atoms with Gasteiger partial charge in [0.25, 0.3) is 0 Å². The van der Waals surface area contributed by atoms with Gasteiger partial charge in [0, 0.05) is 29.3 Å². The van der Waals surface area contributed by atoms with Gasteiger partial charge in [0.1, 0.15) is 0 Å². The van der Waals surface area contributed by atoms with E-state index in [0.29, 0.717) is 0 Å². The maximum absolute atomic E-state index is 4.66. The molecule has 0 saturated heterocycles. The maximum atomic E-state index is 4.66. The van der Waals surface area contributed by atoms with E-state index in [0.717, 1.165) is 29.7 Å². The van der Waals surface area contributed by atoms with Crippen LogP contribution in [0.5, 0.6) is 0 Å². The Morgan fingerprint density at radius 3 is 2.83 bits per heavy atom. The van der Waals surface area contributed by atoms with Crippen molar-refractivity contribution in [1.29, 1.82) is 0 Å². The smallest absolute Gasteiger partial charge is 0.0991 e. The molecule has 1 aliphatic carbocycles. The number of nitrogens with zero attached hydrogens (tertiary/aromatic N) is 2. The van der Waals surface area contributed by atoms with E-state index < -0.39 is 0 Å². The molecule has 0 aliphatic heterocycles. The van der Waals surface area contributed by atoms with Crippen LogP contribution in [0, 0.1) is 13.8 Å². The molecule has 2 heterocycles. The van der Waals surface area contributed by atoms with Crippen molar-refractivity contribution >= 4 is 22.7 Å². The number of nitrogens with one attached hydrogen (secondary N) is 1. The Morgan fingerprint density at radius 1 is 1.33 bits per heavy atom. The molecule has 2 aromatic rings. The minimum atomic E-state index is 0.760. The molecule has 0 radical (unpaired) electrons. The fourth-order valence-corrected chi connectivity index (χ4v) is 3.55. The second-order valence-corrected chi connectivity index (χ2v) is 7.04. The molecule has 0 amide bonds. The lowest BCUT2D eigenvalue weighted by Gasteiger charge is -1.99. The van der Waals surface area contributed by atoms with Gasteiger partial charge in [-0.2, -0.15) is 0 Å². The van der Waals surface area contributed by atoms with Gasteiger partial charge in [-0.1, -0.05) is 0 Å². The Hall–Kier alpha value is -0.780. The summed E-state index contributed by atoms with van der Waals surface area (Å²) in [6.45, 7) is 5.13. The molecule has 1 N–H and O–H groups in total. The summed E-state index contributed by atoms with van der Waals surface area (Å²) in [5.41, 5.74) is 2.32. The molecule has 0 spiro atoms. The first-order valence-electron chi connectivity index (χ1n) is 6.30. The summed E-state index contributed by atoms with van der Waals surface area (Å²) < 4.78 is 0. The first-order chi connectivity index (χ1) is 8.70. The Kier molecular flexibility index (Phi) is 3.46. The number of aromatic nitrogens is 2. The van der Waals surface area contributed by atoms with Crippen molar-refractivity contribution in [1.82, 2.24) is 15.3 Å². The van der Waals surface area contributed by atoms with Crippen molar-refractivity contribution in [3.8, 4) is 0 Å². The van der Waals surface area contributed by atoms with E-state index >= 15 is 0 Å². The van der Waals surface area contributed by atoms with Crippen LogP contribution in [0.15, 0.2) is 5.38 Å². The van der Waals surface area contributed by atoms with Gasteiger partial charge in [-0.25, -0.2) is 9.97 Å². The average molecular weight is 279 g/mol. The Bertz CT molecular complexity index is 540. The van der Waals surface area contributed by atoms with E-state index in [9.17, 15) is 0 Å². The molecular weight excluding hydrogens is 262 g/mol. The van der Waals surface area contributed by atoms with Crippen LogP contribution in [0.25, 0.3) is 0 Å². The molecular formula is C13H17N3S2. The van der Waals surface area contributed by atoms with Gasteiger partial charge in [-0.15, -0.1) is 22.7 Å². The SMILES string of the molecule is Cc1nc(Cc2nc(C)c(CNC3CC3)s2)cs1. The molecule has 1 aliphatic rings. The third-order valence-corrected chi connectivity index (χ3v) is 5.04. The van der Waals surface area contributed by atoms with Crippen LogP contribution in [0.1, 0.15) is 39.1 Å². The molecule has 0 unspecified atom stereocenters. The monoisotopic (exact) mass is 279 g/mol. The van der Waals surface area contributed by atoms with E-state index in [2.05, 4.69) is 27.6 Å². The summed E-state index contributed by atoms with van der Waals surface area (Å²) >= 11 is 3.53. The zero-order valence-corrected chi connectivity index (χ0v) is 12.3. The molecule has 0 atom stereocenters. The fourth-order valence-electron chi connectivity index (χ4n) is 1.90. The minimum Gasteiger partial charge on any atom is -0.309 e. The predicted molar refractivity (Wildman–Crippen MR) is 76.4 cm³/mol. The minimum absolute atomic E-state index is 0.760. The Morgan fingerprint density at radius 2 is 2.17 bits per heavy atom. The molecule has 18 heavy (non-hydrogen) atoms. The second-order valence-electron chi connectivity index (χ2n) is 4.81. The van der Waals surface area contributed by atoms with Crippen molar-refractivity contribution in [2.75, 3.05) is 0 Å². The summed E-state index contributed by atoms with van der Waals surface area (Å²) in [6.07, 6.45) is 3.55. The zero-order valence-electron chi connectivity index (χ0n) is 10.7. The normalized spacial score (nSPS) is 15.2. The lowest BCUT2D eigenvalue weighted by molar-refractivity contribution is 0.691. The summed E-state index contributed by atoms with van der Waals surface area (Å²) in [7, 11) is 0. The van der Waals surface area contributed by atoms with Crippen LogP contribution >= 0.6 is 22.7 Å². The van der Waals surface area contributed by atoms with Crippen LogP contribution in [-0.2, 0) is 13.0 Å². The number of rotatable bonds is 5. The first-order valence-corrected chi connectivity index (χ1v) is 8.00. The standard InChI is InChI=1S/C13H17N3S2/c1-8-12(6-14-10-3-4-10)18-13(15-8)5-11-7-17-9(2)16-11/h7,10,14H,3-6H2,1-2H3. The molecule has 3 nitrogen and oxygen atoms in total.